The van der Waals surface area contributed by atoms with Crippen LogP contribution in [0.3, 0.4) is 0 Å². The fourth-order valence-corrected chi connectivity index (χ4v) is 3.84. The number of aryl methyl sites for hydroxylation is 1. The van der Waals surface area contributed by atoms with E-state index in [-0.39, 0.29) is 0 Å². The molecule has 2 rings (SSSR count). The highest BCUT2D eigenvalue weighted by Gasteiger charge is 2.29. The van der Waals surface area contributed by atoms with Gasteiger partial charge in [-0.3, -0.25) is 9.10 Å². The number of benzene rings is 2. The van der Waals surface area contributed by atoms with E-state index in [1.165, 1.54) is 6.92 Å². The standard InChI is InChI=1S/C17H18Cl2N2O3S/c1-11-4-5-14(19)10-16(11)20-17(22)12(2)21(25(3,23)24)15-8-6-13(18)7-9-15/h4-10,12H,1-3H3,(H,20,22)/t12-/m1/s1. The maximum atomic E-state index is 12.6. The van der Waals surface area contributed by atoms with Crippen molar-refractivity contribution in [3.8, 4) is 0 Å². The van der Waals surface area contributed by atoms with Crippen molar-refractivity contribution in [1.82, 2.24) is 0 Å². The van der Waals surface area contributed by atoms with Gasteiger partial charge in [-0.1, -0.05) is 29.3 Å². The third-order valence-electron chi connectivity index (χ3n) is 3.63. The van der Waals surface area contributed by atoms with Crippen LogP contribution in [0.1, 0.15) is 12.5 Å². The molecule has 2 aromatic carbocycles. The Labute approximate surface area is 157 Å². The lowest BCUT2D eigenvalue weighted by atomic mass is 10.2. The quantitative estimate of drug-likeness (QED) is 0.821. The molecule has 0 aromatic heterocycles. The van der Waals surface area contributed by atoms with Crippen molar-refractivity contribution < 1.29 is 13.2 Å². The van der Waals surface area contributed by atoms with Crippen molar-refractivity contribution >= 4 is 50.5 Å². The van der Waals surface area contributed by atoms with Gasteiger partial charge in [-0.05, 0) is 55.8 Å². The van der Waals surface area contributed by atoms with Gasteiger partial charge in [0.15, 0.2) is 0 Å². The lowest BCUT2D eigenvalue weighted by Gasteiger charge is -2.28. The second-order valence-corrected chi connectivity index (χ2v) is 8.39. The van der Waals surface area contributed by atoms with Crippen LogP contribution in [0.2, 0.25) is 10.0 Å². The van der Waals surface area contributed by atoms with Gasteiger partial charge in [0.1, 0.15) is 6.04 Å². The van der Waals surface area contributed by atoms with E-state index >= 15 is 0 Å². The first kappa shape index (κ1) is 19.6. The van der Waals surface area contributed by atoms with Gasteiger partial charge in [-0.2, -0.15) is 0 Å². The van der Waals surface area contributed by atoms with Gasteiger partial charge in [0, 0.05) is 15.7 Å². The van der Waals surface area contributed by atoms with E-state index in [1.54, 1.807) is 42.5 Å². The Balaban J connectivity index is 2.33. The second kappa shape index (κ2) is 7.64. The molecule has 8 heteroatoms. The normalized spacial score (nSPS) is 12.5. The van der Waals surface area contributed by atoms with Crippen LogP contribution >= 0.6 is 23.2 Å². The predicted octanol–water partition coefficient (Wildman–Crippen LogP) is 4.10. The number of carbonyl (C=O) groups excluding carboxylic acids is 1. The minimum Gasteiger partial charge on any atom is -0.324 e. The molecule has 1 amide bonds. The predicted molar refractivity (Wildman–Crippen MR) is 103 cm³/mol. The van der Waals surface area contributed by atoms with Crippen LogP contribution in [-0.4, -0.2) is 26.6 Å². The van der Waals surface area contributed by atoms with Crippen molar-refractivity contribution in [3.63, 3.8) is 0 Å². The van der Waals surface area contributed by atoms with Gasteiger partial charge in [0.25, 0.3) is 0 Å². The Hall–Kier alpha value is -1.76. The highest BCUT2D eigenvalue weighted by molar-refractivity contribution is 7.92. The van der Waals surface area contributed by atoms with E-state index < -0.39 is 22.0 Å². The van der Waals surface area contributed by atoms with Gasteiger partial charge in [-0.15, -0.1) is 0 Å². The number of nitrogens with one attached hydrogen (secondary N) is 1. The summed E-state index contributed by atoms with van der Waals surface area (Å²) < 4.78 is 25.5. The summed E-state index contributed by atoms with van der Waals surface area (Å²) in [5.41, 5.74) is 1.72. The smallest absolute Gasteiger partial charge is 0.248 e. The molecule has 134 valence electrons. The number of carbonyl (C=O) groups is 1. The molecule has 1 N–H and O–H groups in total. The number of anilines is 2. The molecule has 0 radical (unpaired) electrons. The molecule has 0 heterocycles. The Bertz CT molecular complexity index is 883. The van der Waals surface area contributed by atoms with Gasteiger partial charge in [-0.25, -0.2) is 8.42 Å². The maximum Gasteiger partial charge on any atom is 0.248 e. The highest BCUT2D eigenvalue weighted by atomic mass is 35.5. The summed E-state index contributed by atoms with van der Waals surface area (Å²) in [6.07, 6.45) is 1.05. The molecule has 0 spiro atoms. The molecule has 0 aliphatic heterocycles. The van der Waals surface area contributed by atoms with Crippen LogP contribution < -0.4 is 9.62 Å². The fourth-order valence-electron chi connectivity index (χ4n) is 2.36. The zero-order valence-electron chi connectivity index (χ0n) is 14.0. The van der Waals surface area contributed by atoms with E-state index in [2.05, 4.69) is 5.32 Å². The summed E-state index contributed by atoms with van der Waals surface area (Å²) in [7, 11) is -3.68. The van der Waals surface area contributed by atoms with E-state index in [9.17, 15) is 13.2 Å². The summed E-state index contributed by atoms with van der Waals surface area (Å²) in [5.74, 6) is -0.467. The molecule has 25 heavy (non-hydrogen) atoms. The average molecular weight is 401 g/mol. The summed E-state index contributed by atoms with van der Waals surface area (Å²) in [4.78, 5) is 12.6. The largest absolute Gasteiger partial charge is 0.324 e. The van der Waals surface area contributed by atoms with Gasteiger partial charge in [0.05, 0.1) is 11.9 Å². The van der Waals surface area contributed by atoms with Crippen LogP contribution in [0.15, 0.2) is 42.5 Å². The number of hydrogen-bond donors (Lipinski definition) is 1. The molecule has 0 fully saturated rings. The Kier molecular flexibility index (Phi) is 5.98. The van der Waals surface area contributed by atoms with Crippen LogP contribution in [0.5, 0.6) is 0 Å². The number of halogens is 2. The number of nitrogens with zero attached hydrogens (tertiary/aromatic N) is 1. The van der Waals surface area contributed by atoms with Crippen LogP contribution in [0.25, 0.3) is 0 Å². The van der Waals surface area contributed by atoms with E-state index in [0.29, 0.717) is 21.4 Å². The van der Waals surface area contributed by atoms with Crippen LogP contribution in [0.4, 0.5) is 11.4 Å². The molecule has 1 atom stereocenters. The monoisotopic (exact) mass is 400 g/mol. The fraction of sp³-hybridized carbons (Fsp3) is 0.235. The molecule has 5 nitrogen and oxygen atoms in total. The van der Waals surface area contributed by atoms with Gasteiger partial charge in [0.2, 0.25) is 15.9 Å². The molecule has 0 saturated heterocycles. The maximum absolute atomic E-state index is 12.6. The van der Waals surface area contributed by atoms with E-state index in [1.807, 2.05) is 6.92 Å². The highest BCUT2D eigenvalue weighted by Crippen LogP contribution is 2.25. The number of sulfonamides is 1. The third-order valence-corrected chi connectivity index (χ3v) is 5.36. The lowest BCUT2D eigenvalue weighted by Crippen LogP contribution is -2.45. The first-order chi connectivity index (χ1) is 11.6. The van der Waals surface area contributed by atoms with Gasteiger partial charge < -0.3 is 5.32 Å². The molecule has 0 aliphatic rings. The van der Waals surface area contributed by atoms with Crippen molar-refractivity contribution in [2.45, 2.75) is 19.9 Å². The SMILES string of the molecule is Cc1ccc(Cl)cc1NC(=O)[C@@H](C)N(c1ccc(Cl)cc1)S(C)(=O)=O. The minimum absolute atomic E-state index is 0.359. The second-order valence-electron chi connectivity index (χ2n) is 5.66. The van der Waals surface area contributed by atoms with Crippen LogP contribution in [0, 0.1) is 6.92 Å². The topological polar surface area (TPSA) is 66.5 Å². The zero-order chi connectivity index (χ0) is 18.8. The first-order valence-electron chi connectivity index (χ1n) is 7.41. The van der Waals surface area contributed by atoms with Crippen molar-refractivity contribution in [1.29, 1.82) is 0 Å². The summed E-state index contributed by atoms with van der Waals surface area (Å²) in [6.45, 7) is 3.34. The van der Waals surface area contributed by atoms with Gasteiger partial charge >= 0.3 is 0 Å². The van der Waals surface area contributed by atoms with E-state index in [0.717, 1.165) is 16.1 Å². The lowest BCUT2D eigenvalue weighted by molar-refractivity contribution is -0.116. The number of amides is 1. The molecule has 0 saturated carbocycles. The minimum atomic E-state index is -3.68. The third kappa shape index (κ3) is 4.87. The average Bonchev–Trinajstić information content (AvgIpc) is 2.51. The molecule has 0 bridgehead atoms. The Morgan fingerprint density at radius 1 is 1.08 bits per heavy atom. The summed E-state index contributed by atoms with van der Waals surface area (Å²) >= 11 is 11.8. The molecule has 0 aliphatic carbocycles. The summed E-state index contributed by atoms with van der Waals surface area (Å²) in [6, 6.07) is 10.4. The molecular weight excluding hydrogens is 383 g/mol. The zero-order valence-corrected chi connectivity index (χ0v) is 16.3. The van der Waals surface area contributed by atoms with Crippen molar-refractivity contribution in [3.05, 3.63) is 58.1 Å². The molecule has 2 aromatic rings. The molecule has 0 unspecified atom stereocenters. The first-order valence-corrected chi connectivity index (χ1v) is 10.0. The number of hydrogen-bond acceptors (Lipinski definition) is 3. The van der Waals surface area contributed by atoms with E-state index in [4.69, 9.17) is 23.2 Å². The molecular formula is C17H18Cl2N2O3S. The Morgan fingerprint density at radius 3 is 2.20 bits per heavy atom. The summed E-state index contributed by atoms with van der Waals surface area (Å²) in [5, 5.41) is 3.68. The Morgan fingerprint density at radius 2 is 1.64 bits per heavy atom. The van der Waals surface area contributed by atoms with Crippen molar-refractivity contribution in [2.24, 2.45) is 0 Å². The number of rotatable bonds is 5. The van der Waals surface area contributed by atoms with Crippen LogP contribution in [-0.2, 0) is 14.8 Å². The van der Waals surface area contributed by atoms with Crippen molar-refractivity contribution in [2.75, 3.05) is 15.9 Å².